The highest BCUT2D eigenvalue weighted by molar-refractivity contribution is 5.40. The number of benzene rings is 1. The van der Waals surface area contributed by atoms with E-state index in [0.29, 0.717) is 12.5 Å². The van der Waals surface area contributed by atoms with Gasteiger partial charge in [0.15, 0.2) is 5.82 Å². The molecule has 0 atom stereocenters. The van der Waals surface area contributed by atoms with Gasteiger partial charge in [0.1, 0.15) is 0 Å². The van der Waals surface area contributed by atoms with E-state index < -0.39 is 0 Å². The van der Waals surface area contributed by atoms with Gasteiger partial charge in [-0.25, -0.2) is 0 Å². The number of hydrogen-bond acceptors (Lipinski definition) is 6. The number of hydrogen-bond donors (Lipinski definition) is 1. The van der Waals surface area contributed by atoms with Crippen molar-refractivity contribution >= 4 is 11.8 Å². The van der Waals surface area contributed by atoms with Crippen molar-refractivity contribution in [2.45, 2.75) is 19.9 Å². The molecule has 6 heteroatoms. The van der Waals surface area contributed by atoms with Crippen molar-refractivity contribution in [2.75, 3.05) is 23.8 Å². The fraction of sp³-hybridized carbons (Fsp3) is 0.263. The summed E-state index contributed by atoms with van der Waals surface area (Å²) in [5.41, 5.74) is 3.72. The van der Waals surface area contributed by atoms with E-state index in [1.807, 2.05) is 43.7 Å². The van der Waals surface area contributed by atoms with Crippen molar-refractivity contribution in [3.63, 3.8) is 0 Å². The molecule has 128 valence electrons. The maximum atomic E-state index is 4.56. The lowest BCUT2D eigenvalue weighted by atomic mass is 10.1. The van der Waals surface area contributed by atoms with Crippen LogP contribution < -0.4 is 10.2 Å². The fourth-order valence-electron chi connectivity index (χ4n) is 2.50. The summed E-state index contributed by atoms with van der Waals surface area (Å²) in [5.74, 6) is 1.34. The van der Waals surface area contributed by atoms with Crippen molar-refractivity contribution in [1.29, 1.82) is 0 Å². The number of likely N-dealkylation sites (N-methyl/N-ethyl adjacent to an activating group) is 1. The largest absolute Gasteiger partial charge is 0.358 e. The Morgan fingerprint density at radius 3 is 2.68 bits per heavy atom. The van der Waals surface area contributed by atoms with Gasteiger partial charge in [-0.05, 0) is 42.2 Å². The van der Waals surface area contributed by atoms with E-state index in [4.69, 9.17) is 0 Å². The zero-order valence-corrected chi connectivity index (χ0v) is 14.6. The lowest BCUT2D eigenvalue weighted by Gasteiger charge is -2.18. The maximum absolute atomic E-state index is 4.56. The molecule has 0 aliphatic heterocycles. The van der Waals surface area contributed by atoms with Gasteiger partial charge in [-0.3, -0.25) is 4.98 Å². The predicted octanol–water partition coefficient (Wildman–Crippen LogP) is 2.87. The summed E-state index contributed by atoms with van der Waals surface area (Å²) < 4.78 is 0. The van der Waals surface area contributed by atoms with Crippen molar-refractivity contribution in [3.8, 4) is 0 Å². The minimum Gasteiger partial charge on any atom is -0.358 e. The molecule has 0 aliphatic carbocycles. The molecule has 0 radical (unpaired) electrons. The molecular formula is C19H22N6. The van der Waals surface area contributed by atoms with Crippen LogP contribution in [0.4, 0.5) is 11.8 Å². The van der Waals surface area contributed by atoms with Gasteiger partial charge < -0.3 is 10.2 Å². The molecule has 25 heavy (non-hydrogen) atoms. The average Bonchev–Trinajstić information content (AvgIpc) is 2.66. The highest BCUT2D eigenvalue weighted by atomic mass is 15.3. The highest BCUT2D eigenvalue weighted by Gasteiger charge is 2.06. The third-order valence-electron chi connectivity index (χ3n) is 4.12. The molecule has 0 amide bonds. The first kappa shape index (κ1) is 16.8. The summed E-state index contributed by atoms with van der Waals surface area (Å²) in [6.45, 7) is 3.62. The molecule has 0 spiro atoms. The molecule has 3 aromatic rings. The first-order valence-corrected chi connectivity index (χ1v) is 8.30. The third-order valence-corrected chi connectivity index (χ3v) is 4.12. The second-order valence-corrected chi connectivity index (χ2v) is 5.95. The molecule has 3 rings (SSSR count). The average molecular weight is 334 g/mol. The molecule has 0 saturated heterocycles. The molecule has 0 aliphatic rings. The van der Waals surface area contributed by atoms with Crippen molar-refractivity contribution in [1.82, 2.24) is 20.2 Å². The Hall–Kier alpha value is -3.02. The summed E-state index contributed by atoms with van der Waals surface area (Å²) in [7, 11) is 2.01. The summed E-state index contributed by atoms with van der Waals surface area (Å²) in [5, 5.41) is 11.4. The van der Waals surface area contributed by atoms with Crippen LogP contribution in [0.1, 0.15) is 16.7 Å². The van der Waals surface area contributed by atoms with Crippen LogP contribution in [0.3, 0.4) is 0 Å². The Morgan fingerprint density at radius 1 is 1.08 bits per heavy atom. The van der Waals surface area contributed by atoms with Gasteiger partial charge in [0.25, 0.3) is 0 Å². The van der Waals surface area contributed by atoms with Crippen LogP contribution >= 0.6 is 0 Å². The van der Waals surface area contributed by atoms with Crippen LogP contribution in [0.15, 0.2) is 55.0 Å². The van der Waals surface area contributed by atoms with Crippen molar-refractivity contribution < 1.29 is 0 Å². The standard InChI is InChI=1S/C19H22N6/c1-15-5-3-4-6-17(15)13-21-19-23-18(14-22-24-19)25(2)12-9-16-7-10-20-11-8-16/h3-8,10-11,14H,9,12-13H2,1-2H3,(H,21,23,24). The topological polar surface area (TPSA) is 66.8 Å². The number of aryl methyl sites for hydroxylation is 1. The minimum absolute atomic E-state index is 0.538. The van der Waals surface area contributed by atoms with Gasteiger partial charge in [-0.2, -0.15) is 10.1 Å². The second kappa shape index (κ2) is 8.19. The van der Waals surface area contributed by atoms with Gasteiger partial charge in [-0.15, -0.1) is 5.10 Å². The van der Waals surface area contributed by atoms with Gasteiger partial charge in [0.2, 0.25) is 5.95 Å². The lowest BCUT2D eigenvalue weighted by Crippen LogP contribution is -2.22. The van der Waals surface area contributed by atoms with Crippen LogP contribution in [0.5, 0.6) is 0 Å². The van der Waals surface area contributed by atoms with Crippen molar-refractivity contribution in [3.05, 3.63) is 71.7 Å². The lowest BCUT2D eigenvalue weighted by molar-refractivity contribution is 0.835. The number of nitrogens with one attached hydrogen (secondary N) is 1. The zero-order valence-electron chi connectivity index (χ0n) is 14.6. The number of rotatable bonds is 7. The van der Waals surface area contributed by atoms with Crippen LogP contribution in [0, 0.1) is 6.92 Å². The van der Waals surface area contributed by atoms with E-state index in [-0.39, 0.29) is 0 Å². The Labute approximate surface area is 148 Å². The normalized spacial score (nSPS) is 10.5. The quantitative estimate of drug-likeness (QED) is 0.717. The SMILES string of the molecule is Cc1ccccc1CNc1nncc(N(C)CCc2ccncc2)n1. The maximum Gasteiger partial charge on any atom is 0.244 e. The Kier molecular flexibility index (Phi) is 5.51. The molecular weight excluding hydrogens is 312 g/mol. The molecule has 2 heterocycles. The summed E-state index contributed by atoms with van der Waals surface area (Å²) in [4.78, 5) is 10.7. The van der Waals surface area contributed by atoms with Crippen LogP contribution in [0.25, 0.3) is 0 Å². The van der Waals surface area contributed by atoms with E-state index in [1.165, 1.54) is 16.7 Å². The molecule has 0 saturated carbocycles. The second-order valence-electron chi connectivity index (χ2n) is 5.95. The van der Waals surface area contributed by atoms with Crippen molar-refractivity contribution in [2.24, 2.45) is 0 Å². The molecule has 0 bridgehead atoms. The van der Waals surface area contributed by atoms with E-state index in [0.717, 1.165) is 18.8 Å². The fourth-order valence-corrected chi connectivity index (χ4v) is 2.50. The molecule has 0 unspecified atom stereocenters. The van der Waals surface area contributed by atoms with Gasteiger partial charge in [-0.1, -0.05) is 24.3 Å². The highest BCUT2D eigenvalue weighted by Crippen LogP contribution is 2.12. The number of aromatic nitrogens is 4. The predicted molar refractivity (Wildman–Crippen MR) is 99.5 cm³/mol. The van der Waals surface area contributed by atoms with Crippen LogP contribution in [-0.2, 0) is 13.0 Å². The van der Waals surface area contributed by atoms with Gasteiger partial charge in [0, 0.05) is 32.5 Å². The number of nitrogens with zero attached hydrogens (tertiary/aromatic N) is 5. The first-order chi connectivity index (χ1) is 12.2. The minimum atomic E-state index is 0.538. The summed E-state index contributed by atoms with van der Waals surface area (Å²) >= 11 is 0. The van der Waals surface area contributed by atoms with E-state index in [9.17, 15) is 0 Å². The van der Waals surface area contributed by atoms with Crippen LogP contribution in [-0.4, -0.2) is 33.8 Å². The number of anilines is 2. The Balaban J connectivity index is 1.59. The van der Waals surface area contributed by atoms with Gasteiger partial charge in [0.05, 0.1) is 6.20 Å². The van der Waals surface area contributed by atoms with Gasteiger partial charge >= 0.3 is 0 Å². The van der Waals surface area contributed by atoms with E-state index in [2.05, 4.69) is 49.4 Å². The smallest absolute Gasteiger partial charge is 0.244 e. The zero-order chi connectivity index (χ0) is 17.5. The molecule has 0 fully saturated rings. The Bertz CT molecular complexity index is 806. The summed E-state index contributed by atoms with van der Waals surface area (Å²) in [6, 6.07) is 12.3. The monoisotopic (exact) mass is 334 g/mol. The van der Waals surface area contributed by atoms with E-state index in [1.54, 1.807) is 6.20 Å². The Morgan fingerprint density at radius 2 is 1.88 bits per heavy atom. The third kappa shape index (κ3) is 4.73. The summed E-state index contributed by atoms with van der Waals surface area (Å²) in [6.07, 6.45) is 6.24. The molecule has 2 aromatic heterocycles. The number of pyridine rings is 1. The van der Waals surface area contributed by atoms with E-state index >= 15 is 0 Å². The van der Waals surface area contributed by atoms with Crippen LogP contribution in [0.2, 0.25) is 0 Å². The molecule has 1 aromatic carbocycles. The molecule has 6 nitrogen and oxygen atoms in total. The molecule has 1 N–H and O–H groups in total. The first-order valence-electron chi connectivity index (χ1n) is 8.30.